The zero-order chi connectivity index (χ0) is 13.8. The third-order valence-corrected chi connectivity index (χ3v) is 2.81. The maximum atomic E-state index is 10.7. The predicted octanol–water partition coefficient (Wildman–Crippen LogP) is 2.76. The van der Waals surface area contributed by atoms with Crippen molar-refractivity contribution in [2.45, 2.75) is 13.3 Å². The molecule has 94 valence electrons. The lowest BCUT2D eigenvalue weighted by Crippen LogP contribution is -1.95. The summed E-state index contributed by atoms with van der Waals surface area (Å²) in [4.78, 5) is 14.3. The third kappa shape index (κ3) is 2.93. The van der Waals surface area contributed by atoms with Crippen molar-refractivity contribution >= 4 is 5.69 Å². The van der Waals surface area contributed by atoms with Gasteiger partial charge >= 0.3 is 0 Å². The number of pyridine rings is 1. The Morgan fingerprint density at radius 3 is 2.68 bits per heavy atom. The Bertz CT molecular complexity index is 675. The van der Waals surface area contributed by atoms with Crippen molar-refractivity contribution in [1.82, 2.24) is 4.98 Å². The normalized spacial score (nSPS) is 9.89. The second-order valence-electron chi connectivity index (χ2n) is 4.22. The molecule has 2 rings (SSSR count). The molecule has 0 atom stereocenters. The van der Waals surface area contributed by atoms with E-state index in [0.717, 1.165) is 11.1 Å². The smallest absolute Gasteiger partial charge is 0.258 e. The highest BCUT2D eigenvalue weighted by Gasteiger charge is 2.10. The van der Waals surface area contributed by atoms with E-state index < -0.39 is 0 Å². The van der Waals surface area contributed by atoms with Crippen LogP contribution < -0.4 is 0 Å². The molecule has 0 amide bonds. The van der Waals surface area contributed by atoms with Crippen LogP contribution in [0.2, 0.25) is 0 Å². The van der Waals surface area contributed by atoms with Gasteiger partial charge in [-0.15, -0.1) is 0 Å². The molecule has 0 spiro atoms. The minimum absolute atomic E-state index is 0.121. The van der Waals surface area contributed by atoms with Crippen LogP contribution in [0.5, 0.6) is 0 Å². The summed E-state index contributed by atoms with van der Waals surface area (Å²) in [6, 6.07) is 10.6. The highest BCUT2D eigenvalue weighted by molar-refractivity contribution is 5.43. The number of aryl methyl sites for hydroxylation is 1. The maximum absolute atomic E-state index is 10.7. The van der Waals surface area contributed by atoms with Gasteiger partial charge in [0.15, 0.2) is 0 Å². The number of nitro benzene ring substituents is 1. The quantitative estimate of drug-likeness (QED) is 0.622. The molecule has 0 saturated carbocycles. The van der Waals surface area contributed by atoms with E-state index in [9.17, 15) is 10.1 Å². The number of hydrogen-bond donors (Lipinski definition) is 0. The summed E-state index contributed by atoms with van der Waals surface area (Å²) in [7, 11) is 0. The minimum atomic E-state index is -0.390. The van der Waals surface area contributed by atoms with E-state index in [2.05, 4.69) is 4.98 Å². The first kappa shape index (κ1) is 12.7. The zero-order valence-corrected chi connectivity index (χ0v) is 10.3. The van der Waals surface area contributed by atoms with E-state index >= 15 is 0 Å². The fourth-order valence-corrected chi connectivity index (χ4v) is 1.91. The Kier molecular flexibility index (Phi) is 3.53. The van der Waals surface area contributed by atoms with Crippen LogP contribution in [-0.4, -0.2) is 9.91 Å². The van der Waals surface area contributed by atoms with Gasteiger partial charge in [0.25, 0.3) is 5.69 Å². The fraction of sp³-hybridized carbons (Fsp3) is 0.143. The Morgan fingerprint density at radius 2 is 2.05 bits per heavy atom. The van der Waals surface area contributed by atoms with E-state index in [1.807, 2.05) is 12.1 Å². The summed E-state index contributed by atoms with van der Waals surface area (Å²) in [6.45, 7) is 1.72. The first-order chi connectivity index (χ1) is 9.10. The summed E-state index contributed by atoms with van der Waals surface area (Å²) in [5, 5.41) is 19.5. The van der Waals surface area contributed by atoms with Crippen LogP contribution in [0.1, 0.15) is 22.4 Å². The van der Waals surface area contributed by atoms with Gasteiger partial charge in [-0.25, -0.2) is 4.98 Å². The van der Waals surface area contributed by atoms with Crippen molar-refractivity contribution in [3.63, 3.8) is 0 Å². The molecule has 1 heterocycles. The summed E-state index contributed by atoms with van der Waals surface area (Å²) in [6.07, 6.45) is 2.21. The standard InChI is InChI=1S/C14H11N3O2/c1-10-6-11(2-3-14(10)17(18)19)7-12-4-5-16-13(8-12)9-15/h2-6,8H,7H2,1H3. The number of aromatic nitrogens is 1. The monoisotopic (exact) mass is 253 g/mol. The second-order valence-corrected chi connectivity index (χ2v) is 4.22. The van der Waals surface area contributed by atoms with Crippen molar-refractivity contribution in [3.05, 3.63) is 69.0 Å². The first-order valence-corrected chi connectivity index (χ1v) is 5.69. The highest BCUT2D eigenvalue weighted by Crippen LogP contribution is 2.20. The predicted molar refractivity (Wildman–Crippen MR) is 69.6 cm³/mol. The van der Waals surface area contributed by atoms with Crippen LogP contribution in [0.15, 0.2) is 36.5 Å². The summed E-state index contributed by atoms with van der Waals surface area (Å²) >= 11 is 0. The van der Waals surface area contributed by atoms with Gasteiger partial charge in [-0.2, -0.15) is 5.26 Å². The molecule has 0 radical (unpaired) electrons. The third-order valence-electron chi connectivity index (χ3n) is 2.81. The van der Waals surface area contributed by atoms with E-state index in [0.29, 0.717) is 17.7 Å². The van der Waals surface area contributed by atoms with E-state index in [-0.39, 0.29) is 10.6 Å². The molecule has 0 aliphatic heterocycles. The molecule has 0 saturated heterocycles. The van der Waals surface area contributed by atoms with Crippen LogP contribution in [0.3, 0.4) is 0 Å². The minimum Gasteiger partial charge on any atom is -0.258 e. The lowest BCUT2D eigenvalue weighted by Gasteiger charge is -2.04. The number of nitriles is 1. The molecule has 0 aliphatic carbocycles. The largest absolute Gasteiger partial charge is 0.272 e. The van der Waals surface area contributed by atoms with E-state index in [1.165, 1.54) is 6.07 Å². The Balaban J connectivity index is 2.26. The van der Waals surface area contributed by atoms with Gasteiger partial charge in [0.1, 0.15) is 11.8 Å². The van der Waals surface area contributed by atoms with Gasteiger partial charge in [0.2, 0.25) is 0 Å². The number of benzene rings is 1. The number of rotatable bonds is 3. The van der Waals surface area contributed by atoms with Crippen LogP contribution in [-0.2, 0) is 6.42 Å². The summed E-state index contributed by atoms with van der Waals surface area (Å²) < 4.78 is 0. The topological polar surface area (TPSA) is 79.8 Å². The van der Waals surface area contributed by atoms with Crippen LogP contribution in [0, 0.1) is 28.4 Å². The van der Waals surface area contributed by atoms with Gasteiger partial charge in [-0.05, 0) is 42.7 Å². The SMILES string of the molecule is Cc1cc(Cc2ccnc(C#N)c2)ccc1[N+](=O)[O-]. The van der Waals surface area contributed by atoms with Crippen molar-refractivity contribution in [2.24, 2.45) is 0 Å². The van der Waals surface area contributed by atoms with Crippen molar-refractivity contribution in [3.8, 4) is 6.07 Å². The first-order valence-electron chi connectivity index (χ1n) is 5.69. The van der Waals surface area contributed by atoms with Crippen molar-refractivity contribution < 1.29 is 4.92 Å². The van der Waals surface area contributed by atoms with Gasteiger partial charge in [0, 0.05) is 17.8 Å². The average molecular weight is 253 g/mol. The van der Waals surface area contributed by atoms with Crippen LogP contribution in [0.25, 0.3) is 0 Å². The zero-order valence-electron chi connectivity index (χ0n) is 10.3. The molecule has 5 heteroatoms. The molecule has 0 unspecified atom stereocenters. The van der Waals surface area contributed by atoms with E-state index in [1.54, 1.807) is 31.3 Å². The molecule has 5 nitrogen and oxygen atoms in total. The van der Waals surface area contributed by atoms with Gasteiger partial charge in [0.05, 0.1) is 4.92 Å². The van der Waals surface area contributed by atoms with Gasteiger partial charge in [-0.3, -0.25) is 10.1 Å². The second kappa shape index (κ2) is 5.27. The molecule has 0 aliphatic rings. The Hall–Kier alpha value is -2.74. The summed E-state index contributed by atoms with van der Waals surface area (Å²) in [5.74, 6) is 0. The van der Waals surface area contributed by atoms with Gasteiger partial charge in [-0.1, -0.05) is 6.07 Å². The van der Waals surface area contributed by atoms with Crippen molar-refractivity contribution in [1.29, 1.82) is 5.26 Å². The molecule has 0 bridgehead atoms. The molecule has 1 aromatic heterocycles. The fourth-order valence-electron chi connectivity index (χ4n) is 1.91. The lowest BCUT2D eigenvalue weighted by molar-refractivity contribution is -0.385. The molecular weight excluding hydrogens is 242 g/mol. The Morgan fingerprint density at radius 1 is 1.32 bits per heavy atom. The van der Waals surface area contributed by atoms with Crippen molar-refractivity contribution in [2.75, 3.05) is 0 Å². The molecular formula is C14H11N3O2. The highest BCUT2D eigenvalue weighted by atomic mass is 16.6. The molecule has 0 fully saturated rings. The number of nitro groups is 1. The molecule has 2 aromatic rings. The van der Waals surface area contributed by atoms with Gasteiger partial charge < -0.3 is 0 Å². The maximum Gasteiger partial charge on any atom is 0.272 e. The van der Waals surface area contributed by atoms with E-state index in [4.69, 9.17) is 5.26 Å². The number of hydrogen-bond acceptors (Lipinski definition) is 4. The van der Waals surface area contributed by atoms with Crippen LogP contribution in [0.4, 0.5) is 5.69 Å². The van der Waals surface area contributed by atoms with Crippen LogP contribution >= 0.6 is 0 Å². The molecule has 0 N–H and O–H groups in total. The lowest BCUT2D eigenvalue weighted by atomic mass is 10.0. The molecule has 19 heavy (non-hydrogen) atoms. The summed E-state index contributed by atoms with van der Waals surface area (Å²) in [5.41, 5.74) is 3.06. The average Bonchev–Trinajstić information content (AvgIpc) is 2.38. The molecule has 1 aromatic carbocycles. The number of nitrogens with zero attached hydrogens (tertiary/aromatic N) is 3. The Labute approximate surface area is 110 Å².